The summed E-state index contributed by atoms with van der Waals surface area (Å²) in [6.07, 6.45) is 6.80. The lowest BCUT2D eigenvalue weighted by atomic mass is 9.86. The van der Waals surface area contributed by atoms with E-state index in [9.17, 15) is 18.3 Å². The number of amides is 1. The zero-order chi connectivity index (χ0) is 31.8. The van der Waals surface area contributed by atoms with Gasteiger partial charge in [0.05, 0.1) is 16.3 Å². The Labute approximate surface area is 265 Å². The number of para-hydroxylation sites is 1. The van der Waals surface area contributed by atoms with E-state index >= 15 is 4.39 Å². The Morgan fingerprint density at radius 3 is 2.53 bits per heavy atom. The van der Waals surface area contributed by atoms with Gasteiger partial charge in [-0.2, -0.15) is 0 Å². The van der Waals surface area contributed by atoms with Crippen molar-refractivity contribution in [1.29, 1.82) is 0 Å². The smallest absolute Gasteiger partial charge is 0.227 e. The third-order valence-electron chi connectivity index (χ3n) is 9.21. The number of rotatable bonds is 7. The van der Waals surface area contributed by atoms with Crippen LogP contribution in [0.5, 0.6) is 11.5 Å². The molecule has 6 rings (SSSR count). The largest absolute Gasteiger partial charge is 0.506 e. The van der Waals surface area contributed by atoms with Crippen molar-refractivity contribution in [1.82, 2.24) is 0 Å². The molecule has 0 spiro atoms. The molecule has 0 saturated heterocycles. The number of phenolic OH excluding ortho intramolecular Hbond substituents is 1. The lowest BCUT2D eigenvalue weighted by Gasteiger charge is -2.38. The van der Waals surface area contributed by atoms with Crippen LogP contribution in [0.1, 0.15) is 82.4 Å². The molecule has 3 aliphatic rings. The fourth-order valence-corrected chi connectivity index (χ4v) is 9.50. The van der Waals surface area contributed by atoms with Gasteiger partial charge in [-0.3, -0.25) is 9.69 Å². The van der Waals surface area contributed by atoms with Gasteiger partial charge >= 0.3 is 0 Å². The van der Waals surface area contributed by atoms with Crippen LogP contribution in [-0.2, 0) is 21.2 Å². The predicted molar refractivity (Wildman–Crippen MR) is 174 cm³/mol. The van der Waals surface area contributed by atoms with Gasteiger partial charge in [0.1, 0.15) is 35.7 Å². The van der Waals surface area contributed by atoms with Gasteiger partial charge in [-0.1, -0.05) is 82.3 Å². The summed E-state index contributed by atoms with van der Waals surface area (Å²) in [4.78, 5) is 15.7. The molecule has 3 aromatic rings. The number of aromatic hydroxyl groups is 1. The summed E-state index contributed by atoms with van der Waals surface area (Å²) in [5.41, 5.74) is 1.29. The number of hydrogen-bond donors (Lipinski definition) is 2. The molecule has 0 radical (unpaired) electrons. The second-order valence-electron chi connectivity index (χ2n) is 13.4. The van der Waals surface area contributed by atoms with Crippen molar-refractivity contribution in [3.63, 3.8) is 0 Å². The molecule has 0 aromatic heterocycles. The fraction of sp³-hybridized carbons (Fsp3) is 0.417. The molecule has 238 valence electrons. The summed E-state index contributed by atoms with van der Waals surface area (Å²) in [5.74, 6) is -0.536. The lowest BCUT2D eigenvalue weighted by molar-refractivity contribution is -0.119. The second-order valence-corrected chi connectivity index (χ2v) is 15.4. The van der Waals surface area contributed by atoms with Crippen molar-refractivity contribution < 1.29 is 27.4 Å². The zero-order valence-corrected chi connectivity index (χ0v) is 26.7. The molecule has 1 unspecified atom stereocenters. The number of fused-ring (bicyclic) bond motifs is 1. The molecule has 1 fully saturated rings. The highest BCUT2D eigenvalue weighted by atomic mass is 32.2. The van der Waals surface area contributed by atoms with Gasteiger partial charge < -0.3 is 15.2 Å². The third kappa shape index (κ3) is 6.59. The van der Waals surface area contributed by atoms with Crippen LogP contribution >= 0.6 is 0 Å². The highest BCUT2D eigenvalue weighted by Crippen LogP contribution is 2.52. The summed E-state index contributed by atoms with van der Waals surface area (Å²) >= 11 is 0. The molecule has 0 bridgehead atoms. The van der Waals surface area contributed by atoms with Crippen LogP contribution in [0.4, 0.5) is 15.8 Å². The third-order valence-corrected chi connectivity index (χ3v) is 11.5. The number of carbonyl (C=O) groups excluding carboxylic acids is 1. The van der Waals surface area contributed by atoms with Gasteiger partial charge in [0, 0.05) is 23.7 Å². The molecular weight excluding hydrogens is 591 g/mol. The maximum Gasteiger partial charge on any atom is 0.227 e. The minimum Gasteiger partial charge on any atom is -0.506 e. The number of carbonyl (C=O) groups is 1. The number of sulfone groups is 1. The molecule has 1 amide bonds. The fourth-order valence-electron chi connectivity index (χ4n) is 7.14. The number of halogens is 1. The Hall–Kier alpha value is -3.85. The Morgan fingerprint density at radius 1 is 1.04 bits per heavy atom. The van der Waals surface area contributed by atoms with Crippen LogP contribution in [-0.4, -0.2) is 25.2 Å². The molecule has 1 saturated carbocycles. The Kier molecular flexibility index (Phi) is 8.66. The molecule has 45 heavy (non-hydrogen) atoms. The first-order valence-corrected chi connectivity index (χ1v) is 17.5. The number of nitrogens with one attached hydrogen (secondary N) is 1. The summed E-state index contributed by atoms with van der Waals surface area (Å²) in [6.45, 7) is 3.98. The van der Waals surface area contributed by atoms with Crippen molar-refractivity contribution in [3.05, 3.63) is 94.3 Å². The van der Waals surface area contributed by atoms with Crippen molar-refractivity contribution in [2.75, 3.05) is 16.0 Å². The minimum absolute atomic E-state index is 0.0275. The van der Waals surface area contributed by atoms with Crippen molar-refractivity contribution in [2.24, 2.45) is 11.3 Å². The van der Waals surface area contributed by atoms with Gasteiger partial charge in [0.25, 0.3) is 0 Å². The van der Waals surface area contributed by atoms with Crippen LogP contribution < -0.4 is 15.0 Å². The van der Waals surface area contributed by atoms with Gasteiger partial charge in [-0.05, 0) is 54.0 Å². The van der Waals surface area contributed by atoms with E-state index in [1.807, 2.05) is 44.2 Å². The molecule has 2 N–H and O–H groups in total. The maximum atomic E-state index is 16.3. The summed E-state index contributed by atoms with van der Waals surface area (Å²) in [7, 11) is -3.97. The van der Waals surface area contributed by atoms with E-state index in [1.165, 1.54) is 29.5 Å². The normalized spacial score (nSPS) is 20.9. The van der Waals surface area contributed by atoms with Crippen LogP contribution in [0.15, 0.2) is 77.3 Å². The topological polar surface area (TPSA) is 95.9 Å². The lowest BCUT2D eigenvalue weighted by Crippen LogP contribution is -2.41. The van der Waals surface area contributed by atoms with Crippen LogP contribution in [0.2, 0.25) is 0 Å². The van der Waals surface area contributed by atoms with Gasteiger partial charge in [0.15, 0.2) is 9.84 Å². The molecule has 9 heteroatoms. The SMILES string of the molecule is CC1(C)CC2=C(C(c3ccc(OCc4ccccc4)cc3F)N(C(=O)CCC3CCCCC3)c3cccc(O)c3N2)S(=O)(=O)C1. The van der Waals surface area contributed by atoms with E-state index in [0.717, 1.165) is 31.2 Å². The number of allylic oxidation sites excluding steroid dienone is 1. The van der Waals surface area contributed by atoms with Gasteiger partial charge in [-0.15, -0.1) is 0 Å². The Morgan fingerprint density at radius 2 is 1.80 bits per heavy atom. The highest BCUT2D eigenvalue weighted by Gasteiger charge is 2.47. The van der Waals surface area contributed by atoms with Crippen LogP contribution in [0.3, 0.4) is 0 Å². The maximum absolute atomic E-state index is 16.3. The summed E-state index contributed by atoms with van der Waals surface area (Å²) < 4.78 is 50.5. The van der Waals surface area contributed by atoms with Gasteiger partial charge in [-0.25, -0.2) is 12.8 Å². The molecule has 2 heterocycles. The van der Waals surface area contributed by atoms with E-state index in [4.69, 9.17) is 4.74 Å². The van der Waals surface area contributed by atoms with Crippen molar-refractivity contribution in [3.8, 4) is 11.5 Å². The van der Waals surface area contributed by atoms with E-state index in [1.54, 1.807) is 18.2 Å². The van der Waals surface area contributed by atoms with Crippen LogP contribution in [0.25, 0.3) is 0 Å². The zero-order valence-electron chi connectivity index (χ0n) is 25.9. The average molecular weight is 633 g/mol. The molecule has 1 aliphatic carbocycles. The Bertz CT molecular complexity index is 1710. The standard InChI is InChI=1S/C36H41FN2O5S/c1-36(2)21-29-35(45(42,43)23-36)34(27-18-17-26(20-28(27)37)44-22-25-12-7-4-8-13-25)39(30-14-9-15-31(40)33(30)38-29)32(41)19-16-24-10-5-3-6-11-24/h4,7-9,12-15,17-18,20,24,34,38,40H,3,5-6,10-11,16,19,21-23H2,1-2H3. The predicted octanol–water partition coefficient (Wildman–Crippen LogP) is 8.03. The average Bonchev–Trinajstić information content (AvgIpc) is 3.14. The number of benzene rings is 3. The first-order chi connectivity index (χ1) is 21.5. The first-order valence-electron chi connectivity index (χ1n) is 15.9. The monoisotopic (exact) mass is 632 g/mol. The number of anilines is 2. The quantitative estimate of drug-likeness (QED) is 0.256. The number of ether oxygens (including phenoxy) is 1. The van der Waals surface area contributed by atoms with E-state index in [-0.39, 0.29) is 46.6 Å². The summed E-state index contributed by atoms with van der Waals surface area (Å²) in [6, 6.07) is 17.5. The Balaban J connectivity index is 1.46. The minimum atomic E-state index is -3.97. The van der Waals surface area contributed by atoms with E-state index < -0.39 is 27.1 Å². The van der Waals surface area contributed by atoms with E-state index in [0.29, 0.717) is 35.9 Å². The molecular formula is C36H41FN2O5S. The molecule has 2 aliphatic heterocycles. The number of hydrogen-bond acceptors (Lipinski definition) is 6. The molecule has 1 atom stereocenters. The van der Waals surface area contributed by atoms with Gasteiger partial charge in [0.2, 0.25) is 5.91 Å². The number of phenols is 1. The summed E-state index contributed by atoms with van der Waals surface area (Å²) in [5, 5.41) is 14.2. The molecule has 7 nitrogen and oxygen atoms in total. The highest BCUT2D eigenvalue weighted by molar-refractivity contribution is 7.95. The van der Waals surface area contributed by atoms with Crippen LogP contribution in [0, 0.1) is 17.2 Å². The van der Waals surface area contributed by atoms with E-state index in [2.05, 4.69) is 5.32 Å². The second kappa shape index (κ2) is 12.5. The van der Waals surface area contributed by atoms with Crippen molar-refractivity contribution >= 4 is 27.1 Å². The molecule has 3 aromatic carbocycles. The number of nitrogens with zero attached hydrogens (tertiary/aromatic N) is 1. The van der Waals surface area contributed by atoms with Crippen molar-refractivity contribution in [2.45, 2.75) is 77.9 Å². The first kappa shape index (κ1) is 31.1.